The quantitative estimate of drug-likeness (QED) is 0.812. The summed E-state index contributed by atoms with van der Waals surface area (Å²) in [6, 6.07) is 2.23. The molecule has 106 valence electrons. The van der Waals surface area contributed by atoms with E-state index < -0.39 is 0 Å². The minimum absolute atomic E-state index is 0.659. The van der Waals surface area contributed by atoms with E-state index in [9.17, 15) is 0 Å². The van der Waals surface area contributed by atoms with Crippen LogP contribution in [-0.2, 0) is 0 Å². The average Bonchev–Trinajstić information content (AvgIpc) is 2.28. The van der Waals surface area contributed by atoms with Crippen molar-refractivity contribution in [3.8, 4) is 0 Å². The van der Waals surface area contributed by atoms with Crippen molar-refractivity contribution in [2.45, 2.75) is 72.0 Å². The van der Waals surface area contributed by atoms with Gasteiger partial charge in [0.2, 0.25) is 0 Å². The lowest BCUT2D eigenvalue weighted by atomic mass is 9.77. The zero-order chi connectivity index (χ0) is 13.3. The van der Waals surface area contributed by atoms with Gasteiger partial charge in [0.1, 0.15) is 0 Å². The molecule has 2 nitrogen and oxygen atoms in total. The third kappa shape index (κ3) is 3.08. The molecule has 1 aliphatic carbocycles. The van der Waals surface area contributed by atoms with E-state index >= 15 is 0 Å². The summed E-state index contributed by atoms with van der Waals surface area (Å²) < 4.78 is 0. The standard InChI is InChI=1S/C16H32N2/c1-11(2)16-9-17-14(5)10-18(16)15-7-6-12(3)8-13(15)4/h11-17H,6-10H2,1-5H3. The summed E-state index contributed by atoms with van der Waals surface area (Å²) in [5.74, 6) is 2.57. The highest BCUT2D eigenvalue weighted by Gasteiger charge is 2.37. The molecule has 0 aromatic rings. The molecule has 0 aromatic carbocycles. The molecule has 5 unspecified atom stereocenters. The van der Waals surface area contributed by atoms with Crippen molar-refractivity contribution < 1.29 is 0 Å². The number of nitrogens with zero attached hydrogens (tertiary/aromatic N) is 1. The van der Waals surface area contributed by atoms with Gasteiger partial charge in [0, 0.05) is 31.2 Å². The van der Waals surface area contributed by atoms with Crippen LogP contribution in [0.3, 0.4) is 0 Å². The van der Waals surface area contributed by atoms with E-state index in [1.165, 1.54) is 32.4 Å². The number of piperazine rings is 1. The van der Waals surface area contributed by atoms with Crippen molar-refractivity contribution in [1.29, 1.82) is 0 Å². The highest BCUT2D eigenvalue weighted by Crippen LogP contribution is 2.34. The van der Waals surface area contributed by atoms with Gasteiger partial charge in [-0.1, -0.05) is 27.7 Å². The lowest BCUT2D eigenvalue weighted by Crippen LogP contribution is -2.62. The van der Waals surface area contributed by atoms with E-state index in [1.54, 1.807) is 0 Å². The van der Waals surface area contributed by atoms with Gasteiger partial charge in [0.15, 0.2) is 0 Å². The van der Waals surface area contributed by atoms with Crippen LogP contribution in [-0.4, -0.2) is 36.1 Å². The molecule has 1 saturated heterocycles. The monoisotopic (exact) mass is 252 g/mol. The first-order valence-electron chi connectivity index (χ1n) is 7.98. The fourth-order valence-corrected chi connectivity index (χ4v) is 4.10. The van der Waals surface area contributed by atoms with Crippen LogP contribution in [0.1, 0.15) is 53.9 Å². The zero-order valence-electron chi connectivity index (χ0n) is 12.9. The predicted octanol–water partition coefficient (Wildman–Crippen LogP) is 3.13. The molecular formula is C16H32N2. The molecule has 2 fully saturated rings. The van der Waals surface area contributed by atoms with Crippen LogP contribution >= 0.6 is 0 Å². The second-order valence-electron chi connectivity index (χ2n) is 7.28. The van der Waals surface area contributed by atoms with Gasteiger partial charge in [0.05, 0.1) is 0 Å². The zero-order valence-corrected chi connectivity index (χ0v) is 12.9. The Bertz CT molecular complexity index is 264. The van der Waals surface area contributed by atoms with E-state index in [1.807, 2.05) is 0 Å². The molecule has 0 spiro atoms. The van der Waals surface area contributed by atoms with Gasteiger partial charge >= 0.3 is 0 Å². The number of hydrogen-bond acceptors (Lipinski definition) is 2. The molecule has 0 amide bonds. The second kappa shape index (κ2) is 5.92. The average molecular weight is 252 g/mol. The van der Waals surface area contributed by atoms with Crippen molar-refractivity contribution in [2.75, 3.05) is 13.1 Å². The predicted molar refractivity (Wildman–Crippen MR) is 78.8 cm³/mol. The molecule has 2 rings (SSSR count). The van der Waals surface area contributed by atoms with Crippen molar-refractivity contribution in [3.05, 3.63) is 0 Å². The molecule has 1 heterocycles. The lowest BCUT2D eigenvalue weighted by molar-refractivity contribution is 0.0108. The number of hydrogen-bond donors (Lipinski definition) is 1. The molecule has 18 heavy (non-hydrogen) atoms. The van der Waals surface area contributed by atoms with Gasteiger partial charge in [-0.05, 0) is 43.9 Å². The van der Waals surface area contributed by atoms with Gasteiger partial charge in [-0.15, -0.1) is 0 Å². The van der Waals surface area contributed by atoms with E-state index in [2.05, 4.69) is 44.8 Å². The van der Waals surface area contributed by atoms with Crippen LogP contribution in [0.15, 0.2) is 0 Å². The van der Waals surface area contributed by atoms with Crippen LogP contribution in [0.4, 0.5) is 0 Å². The Morgan fingerprint density at radius 1 is 1.11 bits per heavy atom. The van der Waals surface area contributed by atoms with Gasteiger partial charge < -0.3 is 5.32 Å². The minimum atomic E-state index is 0.659. The highest BCUT2D eigenvalue weighted by molar-refractivity contribution is 4.93. The Labute approximate surface area is 114 Å². The molecule has 2 heteroatoms. The minimum Gasteiger partial charge on any atom is -0.311 e. The van der Waals surface area contributed by atoms with Gasteiger partial charge in [-0.2, -0.15) is 0 Å². The maximum atomic E-state index is 3.66. The summed E-state index contributed by atoms with van der Waals surface area (Å²) in [4.78, 5) is 2.85. The largest absolute Gasteiger partial charge is 0.311 e. The fraction of sp³-hybridized carbons (Fsp3) is 1.00. The van der Waals surface area contributed by atoms with E-state index in [-0.39, 0.29) is 0 Å². The van der Waals surface area contributed by atoms with Crippen LogP contribution in [0, 0.1) is 17.8 Å². The summed E-state index contributed by atoms with van der Waals surface area (Å²) >= 11 is 0. The van der Waals surface area contributed by atoms with Crippen LogP contribution in [0.25, 0.3) is 0 Å². The third-order valence-electron chi connectivity index (χ3n) is 5.17. The Morgan fingerprint density at radius 2 is 1.83 bits per heavy atom. The Morgan fingerprint density at radius 3 is 2.44 bits per heavy atom. The molecule has 0 radical (unpaired) electrons. The summed E-state index contributed by atoms with van der Waals surface area (Å²) in [5, 5.41) is 3.66. The van der Waals surface area contributed by atoms with Gasteiger partial charge in [-0.25, -0.2) is 0 Å². The highest BCUT2D eigenvalue weighted by atomic mass is 15.3. The Hall–Kier alpha value is -0.0800. The maximum absolute atomic E-state index is 3.66. The third-order valence-corrected chi connectivity index (χ3v) is 5.17. The summed E-state index contributed by atoms with van der Waals surface area (Å²) in [5.41, 5.74) is 0. The SMILES string of the molecule is CC1CCC(N2CC(C)NCC2C(C)C)C(C)C1. The van der Waals surface area contributed by atoms with Crippen molar-refractivity contribution in [3.63, 3.8) is 0 Å². The first kappa shape index (κ1) is 14.3. The normalized spacial score (nSPS) is 43.3. The van der Waals surface area contributed by atoms with Crippen LogP contribution < -0.4 is 5.32 Å². The first-order chi connectivity index (χ1) is 8.49. The molecule has 0 aromatic heterocycles. The molecule has 1 aliphatic heterocycles. The van der Waals surface area contributed by atoms with E-state index in [0.29, 0.717) is 6.04 Å². The van der Waals surface area contributed by atoms with Gasteiger partial charge in [-0.3, -0.25) is 4.90 Å². The second-order valence-corrected chi connectivity index (χ2v) is 7.28. The van der Waals surface area contributed by atoms with Crippen molar-refractivity contribution in [1.82, 2.24) is 10.2 Å². The molecule has 2 aliphatic rings. The summed E-state index contributed by atoms with van der Waals surface area (Å²) in [7, 11) is 0. The summed E-state index contributed by atoms with van der Waals surface area (Å²) in [6.07, 6.45) is 4.27. The first-order valence-corrected chi connectivity index (χ1v) is 7.98. The van der Waals surface area contributed by atoms with Crippen LogP contribution in [0.2, 0.25) is 0 Å². The van der Waals surface area contributed by atoms with Crippen LogP contribution in [0.5, 0.6) is 0 Å². The van der Waals surface area contributed by atoms with Gasteiger partial charge in [0.25, 0.3) is 0 Å². The molecule has 5 atom stereocenters. The fourth-order valence-electron chi connectivity index (χ4n) is 4.10. The molecule has 0 bridgehead atoms. The van der Waals surface area contributed by atoms with E-state index in [0.717, 1.165) is 29.8 Å². The van der Waals surface area contributed by atoms with Crippen molar-refractivity contribution >= 4 is 0 Å². The Balaban J connectivity index is 2.07. The molecule has 1 N–H and O–H groups in total. The number of rotatable bonds is 2. The smallest absolute Gasteiger partial charge is 0.0247 e. The topological polar surface area (TPSA) is 15.3 Å². The molecular weight excluding hydrogens is 220 g/mol. The van der Waals surface area contributed by atoms with Crippen molar-refractivity contribution in [2.24, 2.45) is 17.8 Å². The Kier molecular flexibility index (Phi) is 4.71. The summed E-state index contributed by atoms with van der Waals surface area (Å²) in [6.45, 7) is 14.4. The lowest BCUT2D eigenvalue weighted by Gasteiger charge is -2.49. The van der Waals surface area contributed by atoms with E-state index in [4.69, 9.17) is 0 Å². The molecule has 1 saturated carbocycles. The number of nitrogens with one attached hydrogen (secondary N) is 1. The maximum Gasteiger partial charge on any atom is 0.0247 e.